The summed E-state index contributed by atoms with van der Waals surface area (Å²) in [6, 6.07) is 19.3. The van der Waals surface area contributed by atoms with Crippen LogP contribution in [0.1, 0.15) is 50.9 Å². The van der Waals surface area contributed by atoms with Crippen molar-refractivity contribution < 1.29 is 38.2 Å². The highest BCUT2D eigenvalue weighted by Gasteiger charge is 2.57. The molecule has 14 heteroatoms. The summed E-state index contributed by atoms with van der Waals surface area (Å²) < 4.78 is 17.0. The van der Waals surface area contributed by atoms with Crippen LogP contribution in [0, 0.1) is 5.92 Å². The summed E-state index contributed by atoms with van der Waals surface area (Å²) >= 11 is 2.01. The lowest BCUT2D eigenvalue weighted by atomic mass is 9.82. The van der Waals surface area contributed by atoms with Gasteiger partial charge in [0.1, 0.15) is 17.5 Å². The van der Waals surface area contributed by atoms with E-state index in [0.29, 0.717) is 38.2 Å². The van der Waals surface area contributed by atoms with Crippen molar-refractivity contribution in [1.29, 1.82) is 0 Å². The number of ether oxygens (including phenoxy) is 3. The predicted molar refractivity (Wildman–Crippen MR) is 182 cm³/mol. The summed E-state index contributed by atoms with van der Waals surface area (Å²) in [5, 5.41) is 2.25. The highest BCUT2D eigenvalue weighted by Crippen LogP contribution is 2.55. The number of para-hydroxylation sites is 1. The molecule has 0 saturated carbocycles. The van der Waals surface area contributed by atoms with Crippen LogP contribution in [0.25, 0.3) is 0 Å². The molecule has 3 aromatic carbocycles. The summed E-state index contributed by atoms with van der Waals surface area (Å²) in [5.74, 6) is -3.56. The van der Waals surface area contributed by atoms with Gasteiger partial charge in [-0.05, 0) is 68.4 Å². The quantitative estimate of drug-likeness (QED) is 0.182. The number of aromatic nitrogens is 1. The number of carbonyl (C=O) groups is 5. The van der Waals surface area contributed by atoms with Gasteiger partial charge in [0.2, 0.25) is 17.7 Å². The minimum Gasteiger partial charge on any atom is -0.496 e. The first kappa shape index (κ1) is 33.7. The van der Waals surface area contributed by atoms with Crippen molar-refractivity contribution in [3.63, 3.8) is 0 Å². The summed E-state index contributed by atoms with van der Waals surface area (Å²) in [6.45, 7) is 3.49. The number of rotatable bonds is 10. The van der Waals surface area contributed by atoms with Crippen molar-refractivity contribution >= 4 is 64.1 Å². The molecular formula is C35H31N3O9S2. The average Bonchev–Trinajstić information content (AvgIpc) is 3.54. The molecule has 3 amide bonds. The van der Waals surface area contributed by atoms with Crippen LogP contribution < -0.4 is 19.8 Å². The first-order chi connectivity index (χ1) is 23.7. The third-order valence-corrected chi connectivity index (χ3v) is 10.7. The van der Waals surface area contributed by atoms with E-state index in [-0.39, 0.29) is 25.3 Å². The fraction of sp³-hybridized carbons (Fsp3) is 0.257. The Hall–Kier alpha value is -5.21. The van der Waals surface area contributed by atoms with Gasteiger partial charge < -0.3 is 19.5 Å². The number of esters is 2. The van der Waals surface area contributed by atoms with Gasteiger partial charge in [-0.3, -0.25) is 23.7 Å². The Morgan fingerprint density at radius 2 is 1.43 bits per heavy atom. The zero-order valence-electron chi connectivity index (χ0n) is 26.7. The van der Waals surface area contributed by atoms with Crippen molar-refractivity contribution in [3.05, 3.63) is 104 Å². The van der Waals surface area contributed by atoms with E-state index in [1.807, 2.05) is 0 Å². The van der Waals surface area contributed by atoms with Gasteiger partial charge in [-0.15, -0.1) is 0 Å². The van der Waals surface area contributed by atoms with E-state index in [1.165, 1.54) is 48.1 Å². The molecule has 0 radical (unpaired) electrons. The number of nitrogens with one attached hydrogen (secondary N) is 1. The Morgan fingerprint density at radius 1 is 0.816 bits per heavy atom. The van der Waals surface area contributed by atoms with Crippen LogP contribution in [0.2, 0.25) is 0 Å². The second kappa shape index (κ2) is 14.1. The maximum atomic E-state index is 14.2. The number of hydrogen-bond donors (Lipinski definition) is 1. The van der Waals surface area contributed by atoms with Crippen molar-refractivity contribution in [1.82, 2.24) is 4.57 Å². The van der Waals surface area contributed by atoms with Gasteiger partial charge in [0.05, 0.1) is 48.1 Å². The molecule has 12 nitrogen and oxygen atoms in total. The molecule has 1 fully saturated rings. The summed E-state index contributed by atoms with van der Waals surface area (Å²) in [6.07, 6.45) is 0. The lowest BCUT2D eigenvalue weighted by molar-refractivity contribution is -0.122. The highest BCUT2D eigenvalue weighted by atomic mass is 32.2. The Kier molecular flexibility index (Phi) is 9.69. The number of hydrogen-bond acceptors (Lipinski definition) is 11. The topological polar surface area (TPSA) is 150 Å². The molecule has 3 heterocycles. The third kappa shape index (κ3) is 6.36. The summed E-state index contributed by atoms with van der Waals surface area (Å²) in [5.41, 5.74) is 1.95. The van der Waals surface area contributed by atoms with Crippen LogP contribution in [-0.4, -0.2) is 59.8 Å². The Morgan fingerprint density at radius 3 is 2.04 bits per heavy atom. The number of benzene rings is 3. The number of nitrogens with zero attached hydrogens (tertiary/aromatic N) is 2. The van der Waals surface area contributed by atoms with Gasteiger partial charge in [0.25, 0.3) is 0 Å². The van der Waals surface area contributed by atoms with Crippen LogP contribution >= 0.6 is 23.1 Å². The van der Waals surface area contributed by atoms with Crippen LogP contribution in [0.5, 0.6) is 5.75 Å². The van der Waals surface area contributed by atoms with Crippen LogP contribution in [0.15, 0.2) is 82.6 Å². The minimum absolute atomic E-state index is 0.204. The van der Waals surface area contributed by atoms with E-state index in [0.717, 1.165) is 28.0 Å². The molecule has 0 spiro atoms. The van der Waals surface area contributed by atoms with Crippen molar-refractivity contribution in [2.45, 2.75) is 36.6 Å². The molecule has 0 aliphatic carbocycles. The third-order valence-electron chi connectivity index (χ3n) is 8.14. The number of anilines is 2. The molecule has 1 N–H and O–H groups in total. The van der Waals surface area contributed by atoms with E-state index < -0.39 is 51.6 Å². The largest absolute Gasteiger partial charge is 0.496 e. The first-order valence-corrected chi connectivity index (χ1v) is 17.1. The van der Waals surface area contributed by atoms with Crippen LogP contribution in [-0.2, 0) is 30.4 Å². The molecule has 1 aromatic heterocycles. The maximum Gasteiger partial charge on any atom is 0.338 e. The van der Waals surface area contributed by atoms with E-state index in [9.17, 15) is 28.8 Å². The van der Waals surface area contributed by atoms with Gasteiger partial charge in [-0.2, -0.15) is 0 Å². The van der Waals surface area contributed by atoms with Crippen LogP contribution in [0.3, 0.4) is 0 Å². The van der Waals surface area contributed by atoms with E-state index in [1.54, 1.807) is 50.2 Å². The number of fused-ring (bicyclic) bond motifs is 2. The fourth-order valence-corrected chi connectivity index (χ4v) is 8.74. The molecule has 2 aliphatic heterocycles. The zero-order chi connectivity index (χ0) is 34.8. The fourth-order valence-electron chi connectivity index (χ4n) is 5.98. The number of imide groups is 1. The minimum atomic E-state index is -0.918. The van der Waals surface area contributed by atoms with Crippen molar-refractivity contribution in [2.75, 3.05) is 30.5 Å². The smallest absolute Gasteiger partial charge is 0.338 e. The zero-order valence-corrected chi connectivity index (χ0v) is 28.3. The number of carbonyl (C=O) groups excluding carboxylic acids is 5. The molecule has 2 unspecified atom stereocenters. The monoisotopic (exact) mass is 701 g/mol. The van der Waals surface area contributed by atoms with E-state index in [2.05, 4.69) is 5.32 Å². The van der Waals surface area contributed by atoms with Gasteiger partial charge >= 0.3 is 16.8 Å². The standard InChI is InChI=1S/C35H31N3O9S2/c1-4-46-33(42)19-10-14-21(15-11-19)36-25(39)18-37-32-29(49-35(37)44)26(23-8-6-7-9-24(23)45-3)27-28(48-32)31(41)38(30(27)40)22-16-12-20(13-17-22)34(43)47-5-2/h6-17,26-28H,4-5,18H2,1-3H3,(H,36,39)/t26-,27?,28?/m1/s1. The number of thioether (sulfide) groups is 1. The Bertz CT molecular complexity index is 2000. The van der Waals surface area contributed by atoms with Crippen molar-refractivity contribution in [2.24, 2.45) is 5.92 Å². The maximum absolute atomic E-state index is 14.2. The van der Waals surface area contributed by atoms with E-state index in [4.69, 9.17) is 14.2 Å². The molecule has 49 heavy (non-hydrogen) atoms. The lowest BCUT2D eigenvalue weighted by Crippen LogP contribution is -2.33. The second-order valence-corrected chi connectivity index (χ2v) is 13.2. The van der Waals surface area contributed by atoms with Crippen LogP contribution in [0.4, 0.5) is 11.4 Å². The number of methoxy groups -OCH3 is 1. The molecule has 6 rings (SSSR count). The summed E-state index contributed by atoms with van der Waals surface area (Å²) in [7, 11) is 1.51. The molecular weight excluding hydrogens is 671 g/mol. The number of amides is 3. The second-order valence-electron chi connectivity index (χ2n) is 11.0. The lowest BCUT2D eigenvalue weighted by Gasteiger charge is -2.31. The Labute approximate surface area is 289 Å². The summed E-state index contributed by atoms with van der Waals surface area (Å²) in [4.78, 5) is 80.5. The van der Waals surface area contributed by atoms with Gasteiger partial charge in [-0.1, -0.05) is 41.3 Å². The normalized spacial score (nSPS) is 18.0. The average molecular weight is 702 g/mol. The number of thiazole rings is 1. The molecule has 4 aromatic rings. The molecule has 3 atom stereocenters. The van der Waals surface area contributed by atoms with Gasteiger partial charge in [-0.25, -0.2) is 14.5 Å². The van der Waals surface area contributed by atoms with Crippen molar-refractivity contribution in [3.8, 4) is 5.75 Å². The molecule has 0 bridgehead atoms. The van der Waals surface area contributed by atoms with E-state index >= 15 is 0 Å². The predicted octanol–water partition coefficient (Wildman–Crippen LogP) is 4.71. The van der Waals surface area contributed by atoms with Gasteiger partial charge in [0, 0.05) is 22.0 Å². The Balaban J connectivity index is 1.34. The molecule has 1 saturated heterocycles. The molecule has 2 aliphatic rings. The van der Waals surface area contributed by atoms with Gasteiger partial charge in [0.15, 0.2) is 0 Å². The highest BCUT2D eigenvalue weighted by molar-refractivity contribution is 8.00. The first-order valence-electron chi connectivity index (χ1n) is 15.4. The molecule has 252 valence electrons. The SMILES string of the molecule is CCOC(=O)c1ccc(NC(=O)Cn2c3c(sc2=O)[C@H](c2ccccc2OC)C2C(=O)N(c4ccc(C(=O)OCC)cc4)C(=O)C2S3)cc1.